The Kier molecular flexibility index (Phi) is 7.19. The van der Waals surface area contributed by atoms with E-state index in [1.165, 1.54) is 11.9 Å². The number of carbonyl (C=O) groups is 1. The Hall–Kier alpha value is -3.45. The molecule has 0 aliphatic carbocycles. The van der Waals surface area contributed by atoms with Gasteiger partial charge in [0.2, 0.25) is 0 Å². The summed E-state index contributed by atoms with van der Waals surface area (Å²) in [6.07, 6.45) is 0.850. The van der Waals surface area contributed by atoms with Crippen LogP contribution in [0.1, 0.15) is 23.6 Å². The molecule has 0 saturated carbocycles. The van der Waals surface area contributed by atoms with Crippen molar-refractivity contribution in [3.8, 4) is 5.75 Å². The monoisotopic (exact) mass is 445 g/mol. The first-order valence-electron chi connectivity index (χ1n) is 11.4. The van der Waals surface area contributed by atoms with Gasteiger partial charge >= 0.3 is 0 Å². The minimum atomic E-state index is -0.647. The van der Waals surface area contributed by atoms with Gasteiger partial charge in [0.25, 0.3) is 5.91 Å². The molecule has 3 aromatic rings. The molecule has 1 atom stereocenters. The van der Waals surface area contributed by atoms with Gasteiger partial charge in [0.15, 0.2) is 6.10 Å². The van der Waals surface area contributed by atoms with E-state index in [1.54, 1.807) is 6.92 Å². The standard InChI is InChI=1S/C26H31N5O2/c1-19-13-20(2)15-23(14-19)33-21(3)26(32)29-24-16-25(28-18-27-24)31-11-9-30(10-12-31)17-22-7-5-4-6-8-22/h4-8,13-16,18,21H,9-12,17H2,1-3H3,(H,27,28,29,32). The number of hydrogen-bond acceptors (Lipinski definition) is 6. The van der Waals surface area contributed by atoms with Crippen LogP contribution in [-0.2, 0) is 11.3 Å². The third-order valence-electron chi connectivity index (χ3n) is 5.73. The van der Waals surface area contributed by atoms with Gasteiger partial charge in [-0.2, -0.15) is 0 Å². The van der Waals surface area contributed by atoms with Crippen LogP contribution in [0, 0.1) is 13.8 Å². The minimum absolute atomic E-state index is 0.244. The number of nitrogens with zero attached hydrogens (tertiary/aromatic N) is 4. The van der Waals surface area contributed by atoms with Crippen molar-refractivity contribution in [2.45, 2.75) is 33.4 Å². The summed E-state index contributed by atoms with van der Waals surface area (Å²) >= 11 is 0. The van der Waals surface area contributed by atoms with Crippen molar-refractivity contribution in [3.05, 3.63) is 77.6 Å². The maximum Gasteiger partial charge on any atom is 0.266 e. The van der Waals surface area contributed by atoms with Crippen molar-refractivity contribution >= 4 is 17.5 Å². The van der Waals surface area contributed by atoms with Crippen LogP contribution in [-0.4, -0.2) is 53.1 Å². The van der Waals surface area contributed by atoms with Gasteiger partial charge in [0.1, 0.15) is 23.7 Å². The van der Waals surface area contributed by atoms with Gasteiger partial charge < -0.3 is 15.0 Å². The first-order valence-corrected chi connectivity index (χ1v) is 11.4. The van der Waals surface area contributed by atoms with Crippen molar-refractivity contribution in [3.63, 3.8) is 0 Å². The van der Waals surface area contributed by atoms with E-state index in [9.17, 15) is 4.79 Å². The molecule has 1 fully saturated rings. The molecule has 0 spiro atoms. The van der Waals surface area contributed by atoms with Crippen LogP contribution in [0.4, 0.5) is 11.6 Å². The summed E-state index contributed by atoms with van der Waals surface area (Å²) in [5, 5.41) is 2.86. The zero-order valence-corrected chi connectivity index (χ0v) is 19.5. The fourth-order valence-electron chi connectivity index (χ4n) is 4.05. The van der Waals surface area contributed by atoms with E-state index in [-0.39, 0.29) is 5.91 Å². The van der Waals surface area contributed by atoms with Gasteiger partial charge in [-0.15, -0.1) is 0 Å². The lowest BCUT2D eigenvalue weighted by atomic mass is 10.1. The van der Waals surface area contributed by atoms with Crippen molar-refractivity contribution in [1.82, 2.24) is 14.9 Å². The average molecular weight is 446 g/mol. The molecule has 1 saturated heterocycles. The van der Waals surface area contributed by atoms with E-state index in [0.717, 1.165) is 49.7 Å². The Labute approximate surface area is 195 Å². The molecule has 2 heterocycles. The second kappa shape index (κ2) is 10.4. The van der Waals surface area contributed by atoms with Gasteiger partial charge in [-0.05, 0) is 49.6 Å². The number of aryl methyl sites for hydroxylation is 2. The molecule has 1 aliphatic rings. The van der Waals surface area contributed by atoms with Crippen LogP contribution in [0.15, 0.2) is 60.9 Å². The molecule has 2 aromatic carbocycles. The fourth-order valence-corrected chi connectivity index (χ4v) is 4.05. The summed E-state index contributed by atoms with van der Waals surface area (Å²) < 4.78 is 5.85. The van der Waals surface area contributed by atoms with Crippen LogP contribution in [0.25, 0.3) is 0 Å². The summed E-state index contributed by atoms with van der Waals surface area (Å²) in [7, 11) is 0. The van der Waals surface area contributed by atoms with Gasteiger partial charge in [-0.3, -0.25) is 9.69 Å². The quantitative estimate of drug-likeness (QED) is 0.596. The van der Waals surface area contributed by atoms with E-state index in [0.29, 0.717) is 11.6 Å². The highest BCUT2D eigenvalue weighted by molar-refractivity contribution is 5.93. The van der Waals surface area contributed by atoms with Gasteiger partial charge in [0.05, 0.1) is 0 Å². The molecule has 1 unspecified atom stereocenters. The Morgan fingerprint density at radius 3 is 2.39 bits per heavy atom. The maximum absolute atomic E-state index is 12.7. The van der Waals surface area contributed by atoms with E-state index < -0.39 is 6.10 Å². The zero-order chi connectivity index (χ0) is 23.2. The van der Waals surface area contributed by atoms with Gasteiger partial charge in [-0.1, -0.05) is 36.4 Å². The van der Waals surface area contributed by atoms with Crippen LogP contribution < -0.4 is 15.0 Å². The fraction of sp³-hybridized carbons (Fsp3) is 0.346. The highest BCUT2D eigenvalue weighted by Gasteiger charge is 2.20. The van der Waals surface area contributed by atoms with Gasteiger partial charge in [0, 0.05) is 38.8 Å². The number of aromatic nitrogens is 2. The molecule has 0 radical (unpaired) electrons. The molecule has 1 aromatic heterocycles. The van der Waals surface area contributed by atoms with Crippen LogP contribution >= 0.6 is 0 Å². The van der Waals surface area contributed by atoms with Crippen molar-refractivity contribution in [2.24, 2.45) is 0 Å². The molecule has 7 nitrogen and oxygen atoms in total. The topological polar surface area (TPSA) is 70.6 Å². The summed E-state index contributed by atoms with van der Waals surface area (Å²) in [6, 6.07) is 18.3. The Bertz CT molecular complexity index is 1060. The number of nitrogens with one attached hydrogen (secondary N) is 1. The second-order valence-electron chi connectivity index (χ2n) is 8.58. The van der Waals surface area contributed by atoms with E-state index in [1.807, 2.05) is 38.1 Å². The molecule has 1 aliphatic heterocycles. The highest BCUT2D eigenvalue weighted by atomic mass is 16.5. The first kappa shape index (κ1) is 22.7. The molecular weight excluding hydrogens is 414 g/mol. The predicted molar refractivity (Wildman–Crippen MR) is 131 cm³/mol. The molecular formula is C26H31N5O2. The maximum atomic E-state index is 12.7. The number of carbonyl (C=O) groups excluding carboxylic acids is 1. The molecule has 33 heavy (non-hydrogen) atoms. The number of piperazine rings is 1. The van der Waals surface area contributed by atoms with E-state index >= 15 is 0 Å². The number of rotatable bonds is 7. The molecule has 172 valence electrons. The molecule has 1 N–H and O–H groups in total. The summed E-state index contributed by atoms with van der Waals surface area (Å²) in [6.45, 7) is 10.4. The highest BCUT2D eigenvalue weighted by Crippen LogP contribution is 2.20. The third kappa shape index (κ3) is 6.29. The van der Waals surface area contributed by atoms with Gasteiger partial charge in [-0.25, -0.2) is 9.97 Å². The van der Waals surface area contributed by atoms with E-state index in [4.69, 9.17) is 4.74 Å². The number of ether oxygens (including phenoxy) is 1. The first-order chi connectivity index (χ1) is 16.0. The smallest absolute Gasteiger partial charge is 0.266 e. The number of anilines is 2. The lowest BCUT2D eigenvalue weighted by Crippen LogP contribution is -2.46. The van der Waals surface area contributed by atoms with Crippen molar-refractivity contribution in [1.29, 1.82) is 0 Å². The molecule has 1 amide bonds. The molecule has 0 bridgehead atoms. The minimum Gasteiger partial charge on any atom is -0.481 e. The largest absolute Gasteiger partial charge is 0.481 e. The summed E-state index contributed by atoms with van der Waals surface area (Å²) in [5.41, 5.74) is 3.53. The van der Waals surface area contributed by atoms with Crippen molar-refractivity contribution < 1.29 is 9.53 Å². The Morgan fingerprint density at radius 1 is 1.00 bits per heavy atom. The average Bonchev–Trinajstić information content (AvgIpc) is 2.80. The lowest BCUT2D eigenvalue weighted by molar-refractivity contribution is -0.122. The van der Waals surface area contributed by atoms with Crippen molar-refractivity contribution in [2.75, 3.05) is 36.4 Å². The Morgan fingerprint density at radius 2 is 1.70 bits per heavy atom. The predicted octanol–water partition coefficient (Wildman–Crippen LogP) is 3.82. The third-order valence-corrected chi connectivity index (χ3v) is 5.73. The number of amides is 1. The normalized spacial score (nSPS) is 15.2. The Balaban J connectivity index is 1.31. The van der Waals surface area contributed by atoms with Crippen LogP contribution in [0.2, 0.25) is 0 Å². The number of benzene rings is 2. The summed E-state index contributed by atoms with van der Waals surface area (Å²) in [4.78, 5) is 26.0. The lowest BCUT2D eigenvalue weighted by Gasteiger charge is -2.35. The molecule has 4 rings (SSSR count). The van der Waals surface area contributed by atoms with Crippen LogP contribution in [0.3, 0.4) is 0 Å². The summed E-state index contributed by atoms with van der Waals surface area (Å²) in [5.74, 6) is 1.74. The van der Waals surface area contributed by atoms with E-state index in [2.05, 4.69) is 55.4 Å². The van der Waals surface area contributed by atoms with Crippen LogP contribution in [0.5, 0.6) is 5.75 Å². The SMILES string of the molecule is Cc1cc(C)cc(OC(C)C(=O)Nc2cc(N3CCN(Cc4ccccc4)CC3)ncn2)c1. The second-order valence-corrected chi connectivity index (χ2v) is 8.58. The zero-order valence-electron chi connectivity index (χ0n) is 19.5. The number of hydrogen-bond donors (Lipinski definition) is 1. The molecule has 7 heteroatoms.